The van der Waals surface area contributed by atoms with Crippen molar-refractivity contribution < 1.29 is 18.0 Å². The summed E-state index contributed by atoms with van der Waals surface area (Å²) in [5, 5.41) is 3.22. The van der Waals surface area contributed by atoms with E-state index in [9.17, 15) is 18.0 Å². The van der Waals surface area contributed by atoms with Crippen molar-refractivity contribution in [3.8, 4) is 0 Å². The Kier molecular flexibility index (Phi) is 10.6. The zero-order chi connectivity index (χ0) is 29.4. The van der Waals surface area contributed by atoms with Crippen molar-refractivity contribution in [1.29, 1.82) is 0 Å². The van der Waals surface area contributed by atoms with Crippen LogP contribution in [0.3, 0.4) is 0 Å². The van der Waals surface area contributed by atoms with Crippen LogP contribution in [0.15, 0.2) is 83.3 Å². The van der Waals surface area contributed by atoms with Gasteiger partial charge in [0.25, 0.3) is 0 Å². The SMILES string of the molecule is Cc1ccc(CN(C(=O)CN(c2ccc(Br)cc2)S(C)(=O)=O)[C@H](Cc2ccccc2)C(=O)NC2CCCCC2)cc1. The number of nitrogens with one attached hydrogen (secondary N) is 1. The van der Waals surface area contributed by atoms with Crippen molar-refractivity contribution in [2.24, 2.45) is 0 Å². The van der Waals surface area contributed by atoms with E-state index in [1.807, 2.05) is 61.5 Å². The molecular weight excluding hydrogens is 602 g/mol. The van der Waals surface area contributed by atoms with Crippen LogP contribution < -0.4 is 9.62 Å². The van der Waals surface area contributed by atoms with Crippen molar-refractivity contribution in [2.75, 3.05) is 17.1 Å². The van der Waals surface area contributed by atoms with Crippen molar-refractivity contribution in [1.82, 2.24) is 10.2 Å². The summed E-state index contributed by atoms with van der Waals surface area (Å²) in [6.45, 7) is 1.74. The van der Waals surface area contributed by atoms with Gasteiger partial charge in [-0.3, -0.25) is 13.9 Å². The first-order valence-corrected chi connectivity index (χ1v) is 16.7. The summed E-state index contributed by atoms with van der Waals surface area (Å²) in [4.78, 5) is 29.7. The monoisotopic (exact) mass is 639 g/mol. The minimum absolute atomic E-state index is 0.0705. The largest absolute Gasteiger partial charge is 0.352 e. The third-order valence-corrected chi connectivity index (χ3v) is 9.16. The van der Waals surface area contributed by atoms with Crippen LogP contribution in [0.5, 0.6) is 0 Å². The van der Waals surface area contributed by atoms with Gasteiger partial charge in [-0.2, -0.15) is 0 Å². The summed E-state index contributed by atoms with van der Waals surface area (Å²) in [7, 11) is -3.80. The molecule has 2 amide bonds. The van der Waals surface area contributed by atoms with Gasteiger partial charge in [-0.15, -0.1) is 0 Å². The van der Waals surface area contributed by atoms with E-state index < -0.39 is 28.5 Å². The number of halogens is 1. The standard InChI is InChI=1S/C32H38BrN3O4S/c1-24-13-15-26(16-14-24)22-35(31(37)23-36(41(2,39)40)29-19-17-27(33)18-20-29)30(21-25-9-5-3-6-10-25)32(38)34-28-11-7-4-8-12-28/h3,5-6,9-10,13-20,28,30H,4,7-8,11-12,21-23H2,1-2H3,(H,34,38)/t30-/m1/s1. The maximum Gasteiger partial charge on any atom is 0.244 e. The number of carbonyl (C=O) groups excluding carboxylic acids is 2. The van der Waals surface area contributed by atoms with E-state index in [4.69, 9.17) is 0 Å². The molecule has 41 heavy (non-hydrogen) atoms. The lowest BCUT2D eigenvalue weighted by Gasteiger charge is -2.35. The molecule has 0 spiro atoms. The Morgan fingerprint density at radius 2 is 1.54 bits per heavy atom. The summed E-state index contributed by atoms with van der Waals surface area (Å²) < 4.78 is 27.7. The maximum atomic E-state index is 14.2. The zero-order valence-electron chi connectivity index (χ0n) is 23.6. The van der Waals surface area contributed by atoms with Gasteiger partial charge in [0.15, 0.2) is 0 Å². The molecule has 218 valence electrons. The Morgan fingerprint density at radius 3 is 2.15 bits per heavy atom. The molecule has 1 aliphatic rings. The fourth-order valence-corrected chi connectivity index (χ4v) is 6.32. The molecule has 0 radical (unpaired) electrons. The number of carbonyl (C=O) groups is 2. The highest BCUT2D eigenvalue weighted by molar-refractivity contribution is 9.10. The first kappa shape index (κ1) is 30.8. The quantitative estimate of drug-likeness (QED) is 0.295. The van der Waals surface area contributed by atoms with Gasteiger partial charge in [0.2, 0.25) is 21.8 Å². The van der Waals surface area contributed by atoms with Gasteiger partial charge < -0.3 is 10.2 Å². The fraction of sp³-hybridized carbons (Fsp3) is 0.375. The number of sulfonamides is 1. The van der Waals surface area contributed by atoms with Crippen molar-refractivity contribution in [3.63, 3.8) is 0 Å². The predicted molar refractivity (Wildman–Crippen MR) is 167 cm³/mol. The molecule has 0 bridgehead atoms. The molecule has 0 aromatic heterocycles. The van der Waals surface area contributed by atoms with Gasteiger partial charge in [-0.25, -0.2) is 8.42 Å². The number of amides is 2. The van der Waals surface area contributed by atoms with E-state index in [2.05, 4.69) is 21.2 Å². The fourth-order valence-electron chi connectivity index (χ4n) is 5.21. The summed E-state index contributed by atoms with van der Waals surface area (Å²) in [5.74, 6) is -0.658. The number of anilines is 1. The summed E-state index contributed by atoms with van der Waals surface area (Å²) >= 11 is 3.38. The second-order valence-corrected chi connectivity index (χ2v) is 13.6. The molecule has 0 unspecified atom stereocenters. The van der Waals surface area contributed by atoms with E-state index in [1.165, 1.54) is 0 Å². The van der Waals surface area contributed by atoms with Gasteiger partial charge >= 0.3 is 0 Å². The molecule has 3 aromatic carbocycles. The van der Waals surface area contributed by atoms with E-state index in [-0.39, 0.29) is 18.5 Å². The van der Waals surface area contributed by atoms with E-state index in [1.54, 1.807) is 29.2 Å². The lowest BCUT2D eigenvalue weighted by Crippen LogP contribution is -2.55. The molecule has 1 atom stereocenters. The maximum absolute atomic E-state index is 14.2. The molecule has 1 fully saturated rings. The highest BCUT2D eigenvalue weighted by Gasteiger charge is 2.34. The van der Waals surface area contributed by atoms with Crippen LogP contribution in [0.1, 0.15) is 48.8 Å². The normalized spacial score (nSPS) is 14.7. The van der Waals surface area contributed by atoms with Crippen LogP contribution >= 0.6 is 15.9 Å². The van der Waals surface area contributed by atoms with Gasteiger partial charge in [-0.05, 0) is 55.2 Å². The first-order valence-electron chi connectivity index (χ1n) is 14.0. The molecule has 0 aliphatic heterocycles. The highest BCUT2D eigenvalue weighted by atomic mass is 79.9. The molecule has 9 heteroatoms. The van der Waals surface area contributed by atoms with Crippen LogP contribution in [0.4, 0.5) is 5.69 Å². The zero-order valence-corrected chi connectivity index (χ0v) is 26.0. The summed E-state index contributed by atoms with van der Waals surface area (Å²) in [6, 6.07) is 23.5. The van der Waals surface area contributed by atoms with Gasteiger partial charge in [0, 0.05) is 23.5 Å². The molecule has 0 heterocycles. The second kappa shape index (κ2) is 14.1. The minimum atomic E-state index is -3.80. The van der Waals surface area contributed by atoms with Crippen LogP contribution in [0.2, 0.25) is 0 Å². The molecule has 1 N–H and O–H groups in total. The van der Waals surface area contributed by atoms with Gasteiger partial charge in [0.05, 0.1) is 11.9 Å². The number of nitrogens with zero attached hydrogens (tertiary/aromatic N) is 2. The van der Waals surface area contributed by atoms with Crippen LogP contribution in [-0.4, -0.2) is 50.0 Å². The topological polar surface area (TPSA) is 86.8 Å². The van der Waals surface area contributed by atoms with Crippen molar-refractivity contribution in [3.05, 3.63) is 100 Å². The Balaban J connectivity index is 1.71. The Morgan fingerprint density at radius 1 is 0.902 bits per heavy atom. The van der Waals surface area contributed by atoms with E-state index >= 15 is 0 Å². The number of hydrogen-bond acceptors (Lipinski definition) is 4. The summed E-state index contributed by atoms with van der Waals surface area (Å²) in [6.07, 6.45) is 6.53. The Hall–Kier alpha value is -3.17. The minimum Gasteiger partial charge on any atom is -0.352 e. The van der Waals surface area contributed by atoms with Crippen molar-refractivity contribution in [2.45, 2.75) is 64.1 Å². The Bertz CT molecular complexity index is 1410. The number of rotatable bonds is 11. The predicted octanol–water partition coefficient (Wildman–Crippen LogP) is 5.61. The number of benzene rings is 3. The molecule has 4 rings (SSSR count). The molecule has 0 saturated heterocycles. The average Bonchev–Trinajstić information content (AvgIpc) is 2.95. The van der Waals surface area contributed by atoms with Crippen LogP contribution in [-0.2, 0) is 32.6 Å². The van der Waals surface area contributed by atoms with Crippen LogP contribution in [0, 0.1) is 6.92 Å². The van der Waals surface area contributed by atoms with Gasteiger partial charge in [0.1, 0.15) is 12.6 Å². The molecule has 3 aromatic rings. The molecule has 1 aliphatic carbocycles. The lowest BCUT2D eigenvalue weighted by molar-refractivity contribution is -0.140. The number of hydrogen-bond donors (Lipinski definition) is 1. The van der Waals surface area contributed by atoms with E-state index in [0.29, 0.717) is 12.1 Å². The second-order valence-electron chi connectivity index (χ2n) is 10.8. The average molecular weight is 641 g/mol. The number of aryl methyl sites for hydroxylation is 1. The smallest absolute Gasteiger partial charge is 0.244 e. The van der Waals surface area contributed by atoms with Crippen LogP contribution in [0.25, 0.3) is 0 Å². The molecule has 1 saturated carbocycles. The third-order valence-electron chi connectivity index (χ3n) is 7.49. The molecule has 7 nitrogen and oxygen atoms in total. The summed E-state index contributed by atoms with van der Waals surface area (Å²) in [5.41, 5.74) is 3.25. The van der Waals surface area contributed by atoms with Gasteiger partial charge in [-0.1, -0.05) is 95.4 Å². The lowest BCUT2D eigenvalue weighted by atomic mass is 9.94. The van der Waals surface area contributed by atoms with E-state index in [0.717, 1.165) is 63.8 Å². The highest BCUT2D eigenvalue weighted by Crippen LogP contribution is 2.23. The molecular formula is C32H38BrN3O4S. The van der Waals surface area contributed by atoms with Crippen molar-refractivity contribution >= 4 is 43.5 Å². The first-order chi connectivity index (χ1) is 19.6. The Labute approximate surface area is 252 Å². The third kappa shape index (κ3) is 8.91.